The van der Waals surface area contributed by atoms with Crippen LogP contribution in [0.15, 0.2) is 88.1 Å². The van der Waals surface area contributed by atoms with Gasteiger partial charge in [0, 0.05) is 55.5 Å². The molecule has 1 fully saturated rings. The topological polar surface area (TPSA) is 66.2 Å². The summed E-state index contributed by atoms with van der Waals surface area (Å²) in [5.74, 6) is 1.28. The molecule has 1 aliphatic rings. The number of likely N-dealkylation sites (N-methyl/N-ethyl adjacent to an activating group) is 1. The Morgan fingerprint density at radius 1 is 0.974 bits per heavy atom. The molecule has 0 spiro atoms. The number of fused-ring (bicyclic) bond motifs is 1. The van der Waals surface area contributed by atoms with Crippen LogP contribution in [0.1, 0.15) is 18.1 Å². The van der Waals surface area contributed by atoms with Crippen LogP contribution in [-0.2, 0) is 4.79 Å². The highest BCUT2D eigenvalue weighted by atomic mass is 16.5. The van der Waals surface area contributed by atoms with E-state index in [0.717, 1.165) is 30.1 Å². The van der Waals surface area contributed by atoms with E-state index in [1.165, 1.54) is 0 Å². The number of carbonyl (C=O) groups is 1. The Labute approximate surface area is 228 Å². The molecule has 0 N–H and O–H groups in total. The van der Waals surface area contributed by atoms with Gasteiger partial charge in [0.05, 0.1) is 18.2 Å². The average Bonchev–Trinajstić information content (AvgIpc) is 2.99. The van der Waals surface area contributed by atoms with Crippen LogP contribution in [0.2, 0.25) is 0 Å². The maximum Gasteiger partial charge on any atom is 0.260 e. The van der Waals surface area contributed by atoms with Crippen molar-refractivity contribution in [3.8, 4) is 17.1 Å². The summed E-state index contributed by atoms with van der Waals surface area (Å²) < 4.78 is 11.8. The Kier molecular flexibility index (Phi) is 7.79. The number of nitrogens with zero attached hydrogens (tertiary/aromatic N) is 3. The summed E-state index contributed by atoms with van der Waals surface area (Å²) in [5, 5.41) is 4.37. The number of para-hydroxylation sites is 3. The summed E-state index contributed by atoms with van der Waals surface area (Å²) in [6.07, 6.45) is 3.30. The highest BCUT2D eigenvalue weighted by Crippen LogP contribution is 2.29. The van der Waals surface area contributed by atoms with Crippen molar-refractivity contribution in [2.45, 2.75) is 13.8 Å². The molecule has 0 atom stereocenters. The van der Waals surface area contributed by atoms with E-state index in [4.69, 9.17) is 9.15 Å². The Balaban J connectivity index is 1.36. The Hall–Kier alpha value is -4.36. The molecule has 1 aliphatic heterocycles. The summed E-state index contributed by atoms with van der Waals surface area (Å²) in [6, 6.07) is 23.1. The summed E-state index contributed by atoms with van der Waals surface area (Å²) in [7, 11) is 1.68. The molecule has 0 aliphatic carbocycles. The van der Waals surface area contributed by atoms with E-state index in [-0.39, 0.29) is 11.3 Å². The molecule has 39 heavy (non-hydrogen) atoms. The van der Waals surface area contributed by atoms with Gasteiger partial charge in [0.25, 0.3) is 5.91 Å². The summed E-state index contributed by atoms with van der Waals surface area (Å²) in [4.78, 5) is 28.8. The number of benzene rings is 3. The van der Waals surface area contributed by atoms with Crippen LogP contribution < -0.4 is 15.1 Å². The standard InChI is InChI=1S/C32H33N3O4/c1-4-35(34-21-19-33(20-22-34)27-15-8-9-16-28(27)38-3)29(36)18-17-25-13-10-14-26-30(37)23(2)31(39-32(25)26)24-11-6-5-7-12-24/h5-18H,4,19-22H2,1-3H3. The van der Waals surface area contributed by atoms with Gasteiger partial charge in [-0.3, -0.25) is 14.6 Å². The zero-order valence-electron chi connectivity index (χ0n) is 22.6. The van der Waals surface area contributed by atoms with Gasteiger partial charge in [-0.2, -0.15) is 0 Å². The van der Waals surface area contributed by atoms with Crippen molar-refractivity contribution in [2.24, 2.45) is 0 Å². The molecule has 200 valence electrons. The second-order valence-corrected chi connectivity index (χ2v) is 9.48. The zero-order valence-corrected chi connectivity index (χ0v) is 22.6. The van der Waals surface area contributed by atoms with Crippen LogP contribution >= 0.6 is 0 Å². The fraction of sp³-hybridized carbons (Fsp3) is 0.250. The number of hydrazine groups is 1. The third-order valence-corrected chi connectivity index (χ3v) is 7.19. The SMILES string of the molecule is CCN(C(=O)C=Cc1cccc2c(=O)c(C)c(-c3ccccc3)oc12)N1CCN(c2ccccc2OC)CC1. The van der Waals surface area contributed by atoms with E-state index in [1.54, 1.807) is 37.3 Å². The molecule has 0 radical (unpaired) electrons. The molecule has 1 saturated heterocycles. The molecular formula is C32H33N3O4. The summed E-state index contributed by atoms with van der Waals surface area (Å²) >= 11 is 0. The number of hydrogen-bond acceptors (Lipinski definition) is 6. The smallest absolute Gasteiger partial charge is 0.260 e. The van der Waals surface area contributed by atoms with Crippen molar-refractivity contribution in [1.29, 1.82) is 0 Å². The third-order valence-electron chi connectivity index (χ3n) is 7.19. The minimum Gasteiger partial charge on any atom is -0.495 e. The number of methoxy groups -OCH3 is 1. The highest BCUT2D eigenvalue weighted by Gasteiger charge is 2.25. The fourth-order valence-electron chi connectivity index (χ4n) is 5.14. The number of anilines is 1. The first-order chi connectivity index (χ1) is 19.0. The van der Waals surface area contributed by atoms with E-state index in [0.29, 0.717) is 47.5 Å². The number of ether oxygens (including phenoxy) is 1. The van der Waals surface area contributed by atoms with Crippen molar-refractivity contribution >= 4 is 28.6 Å². The fourth-order valence-corrected chi connectivity index (χ4v) is 5.14. The van der Waals surface area contributed by atoms with Gasteiger partial charge >= 0.3 is 0 Å². The Morgan fingerprint density at radius 2 is 1.69 bits per heavy atom. The second kappa shape index (κ2) is 11.6. The molecular weight excluding hydrogens is 490 g/mol. The maximum absolute atomic E-state index is 13.3. The molecule has 2 heterocycles. The first-order valence-electron chi connectivity index (χ1n) is 13.3. The van der Waals surface area contributed by atoms with Gasteiger partial charge in [-0.25, -0.2) is 5.01 Å². The van der Waals surface area contributed by atoms with E-state index in [1.807, 2.05) is 67.6 Å². The normalized spacial score (nSPS) is 14.2. The molecule has 4 aromatic rings. The molecule has 3 aromatic carbocycles. The number of carbonyl (C=O) groups excluding carboxylic acids is 1. The average molecular weight is 524 g/mol. The lowest BCUT2D eigenvalue weighted by molar-refractivity contribution is -0.143. The minimum atomic E-state index is -0.113. The quantitative estimate of drug-likeness (QED) is 0.303. The summed E-state index contributed by atoms with van der Waals surface area (Å²) in [5.41, 5.74) is 3.57. The maximum atomic E-state index is 13.3. The third kappa shape index (κ3) is 5.31. The van der Waals surface area contributed by atoms with Crippen LogP contribution in [0.25, 0.3) is 28.4 Å². The van der Waals surface area contributed by atoms with Crippen LogP contribution in [0.4, 0.5) is 5.69 Å². The number of piperazine rings is 1. The van der Waals surface area contributed by atoms with E-state index in [2.05, 4.69) is 16.0 Å². The lowest BCUT2D eigenvalue weighted by atomic mass is 10.0. The molecule has 1 amide bonds. The predicted molar refractivity (Wildman–Crippen MR) is 156 cm³/mol. The van der Waals surface area contributed by atoms with Crippen molar-refractivity contribution in [2.75, 3.05) is 44.7 Å². The second-order valence-electron chi connectivity index (χ2n) is 9.48. The van der Waals surface area contributed by atoms with Crippen molar-refractivity contribution in [3.63, 3.8) is 0 Å². The number of rotatable bonds is 7. The molecule has 5 rings (SSSR count). The van der Waals surface area contributed by atoms with E-state index >= 15 is 0 Å². The Bertz CT molecular complexity index is 1550. The van der Waals surface area contributed by atoms with Gasteiger partial charge < -0.3 is 14.1 Å². The monoisotopic (exact) mass is 523 g/mol. The van der Waals surface area contributed by atoms with Crippen LogP contribution in [0, 0.1) is 6.92 Å². The number of hydrogen-bond donors (Lipinski definition) is 0. The molecule has 0 saturated carbocycles. The summed E-state index contributed by atoms with van der Waals surface area (Å²) in [6.45, 7) is 7.31. The van der Waals surface area contributed by atoms with Gasteiger partial charge in [0.1, 0.15) is 17.1 Å². The molecule has 7 nitrogen and oxygen atoms in total. The molecule has 7 heteroatoms. The predicted octanol–water partition coefficient (Wildman–Crippen LogP) is 5.38. The van der Waals surface area contributed by atoms with Gasteiger partial charge in [-0.15, -0.1) is 0 Å². The van der Waals surface area contributed by atoms with Gasteiger partial charge in [0.15, 0.2) is 5.43 Å². The lowest BCUT2D eigenvalue weighted by Crippen LogP contribution is -2.55. The van der Waals surface area contributed by atoms with Gasteiger partial charge in [-0.1, -0.05) is 54.6 Å². The van der Waals surface area contributed by atoms with Crippen molar-refractivity contribution in [1.82, 2.24) is 10.0 Å². The lowest BCUT2D eigenvalue weighted by Gasteiger charge is -2.41. The van der Waals surface area contributed by atoms with E-state index in [9.17, 15) is 9.59 Å². The number of amides is 1. The van der Waals surface area contributed by atoms with Crippen LogP contribution in [-0.4, -0.2) is 55.8 Å². The highest BCUT2D eigenvalue weighted by molar-refractivity contribution is 5.95. The largest absolute Gasteiger partial charge is 0.495 e. The molecule has 0 unspecified atom stereocenters. The minimum absolute atomic E-state index is 0.0696. The first kappa shape index (κ1) is 26.3. The molecule has 0 bridgehead atoms. The zero-order chi connectivity index (χ0) is 27.4. The van der Waals surface area contributed by atoms with E-state index < -0.39 is 0 Å². The van der Waals surface area contributed by atoms with Gasteiger partial charge in [0.2, 0.25) is 0 Å². The van der Waals surface area contributed by atoms with Crippen LogP contribution in [0.5, 0.6) is 5.75 Å². The molecule has 1 aromatic heterocycles. The first-order valence-corrected chi connectivity index (χ1v) is 13.3. The van der Waals surface area contributed by atoms with Crippen LogP contribution in [0.3, 0.4) is 0 Å². The van der Waals surface area contributed by atoms with Crippen molar-refractivity contribution in [3.05, 3.63) is 100 Å². The van der Waals surface area contributed by atoms with Crippen molar-refractivity contribution < 1.29 is 13.9 Å². The Morgan fingerprint density at radius 3 is 2.41 bits per heavy atom. The van der Waals surface area contributed by atoms with Gasteiger partial charge in [-0.05, 0) is 38.1 Å².